The fourth-order valence-electron chi connectivity index (χ4n) is 1.55. The van der Waals surface area contributed by atoms with E-state index in [2.05, 4.69) is 10.3 Å². The first kappa shape index (κ1) is 11.1. The number of aromatic carboxylic acids is 1. The van der Waals surface area contributed by atoms with Crippen molar-refractivity contribution in [1.82, 2.24) is 4.98 Å². The molecule has 0 atom stereocenters. The van der Waals surface area contributed by atoms with Crippen LogP contribution in [0.25, 0.3) is 0 Å². The molecular formula is C10H9N3O4. The van der Waals surface area contributed by atoms with E-state index in [1.54, 1.807) is 0 Å². The van der Waals surface area contributed by atoms with Crippen molar-refractivity contribution in [3.63, 3.8) is 0 Å². The summed E-state index contributed by atoms with van der Waals surface area (Å²) >= 11 is 0. The van der Waals surface area contributed by atoms with Crippen LogP contribution in [0.4, 0.5) is 11.5 Å². The van der Waals surface area contributed by atoms with Crippen molar-refractivity contribution < 1.29 is 19.5 Å². The van der Waals surface area contributed by atoms with Crippen molar-refractivity contribution in [2.24, 2.45) is 0 Å². The minimum atomic E-state index is -1.14. The van der Waals surface area contributed by atoms with Gasteiger partial charge in [-0.15, -0.1) is 0 Å². The predicted octanol–water partition coefficient (Wildman–Crippen LogP) is 0.0848. The van der Waals surface area contributed by atoms with Crippen molar-refractivity contribution >= 4 is 29.3 Å². The van der Waals surface area contributed by atoms with E-state index < -0.39 is 5.97 Å². The topological polar surface area (TPSA) is 99.6 Å². The van der Waals surface area contributed by atoms with Gasteiger partial charge in [0.1, 0.15) is 6.54 Å². The third-order valence-electron chi connectivity index (χ3n) is 2.33. The normalized spacial score (nSPS) is 13.9. The minimum Gasteiger partial charge on any atom is -0.478 e. The summed E-state index contributed by atoms with van der Waals surface area (Å²) in [7, 11) is 0. The monoisotopic (exact) mass is 235 g/mol. The fraction of sp³-hybridized carbons (Fsp3) is 0.200. The Morgan fingerprint density at radius 1 is 1.53 bits per heavy atom. The molecule has 2 heterocycles. The van der Waals surface area contributed by atoms with E-state index in [0.29, 0.717) is 0 Å². The van der Waals surface area contributed by atoms with Crippen LogP contribution in [0.1, 0.15) is 17.3 Å². The van der Waals surface area contributed by atoms with Crippen LogP contribution in [0.2, 0.25) is 0 Å². The highest BCUT2D eigenvalue weighted by atomic mass is 16.4. The summed E-state index contributed by atoms with van der Waals surface area (Å²) in [5.41, 5.74) is 0.186. The zero-order chi connectivity index (χ0) is 12.6. The fourth-order valence-corrected chi connectivity index (χ4v) is 1.55. The Hall–Kier alpha value is -2.44. The first-order valence-corrected chi connectivity index (χ1v) is 4.80. The summed E-state index contributed by atoms with van der Waals surface area (Å²) in [6.45, 7) is 1.21. The molecule has 7 nitrogen and oxygen atoms in total. The van der Waals surface area contributed by atoms with Crippen molar-refractivity contribution in [3.8, 4) is 0 Å². The Morgan fingerprint density at radius 2 is 2.24 bits per heavy atom. The molecule has 0 aliphatic carbocycles. The first-order valence-electron chi connectivity index (χ1n) is 4.80. The molecule has 17 heavy (non-hydrogen) atoms. The van der Waals surface area contributed by atoms with Crippen LogP contribution in [-0.4, -0.2) is 34.4 Å². The number of carboxylic acids is 1. The highest BCUT2D eigenvalue weighted by molar-refractivity contribution is 6.09. The van der Waals surface area contributed by atoms with E-state index in [1.807, 2.05) is 0 Å². The molecule has 0 unspecified atom stereocenters. The number of nitrogens with zero attached hydrogens (tertiary/aromatic N) is 2. The van der Waals surface area contributed by atoms with Gasteiger partial charge in [0.2, 0.25) is 11.8 Å². The highest BCUT2D eigenvalue weighted by Crippen LogP contribution is 2.27. The number of fused-ring (bicyclic) bond motifs is 1. The van der Waals surface area contributed by atoms with Gasteiger partial charge in [-0.05, 0) is 6.07 Å². The van der Waals surface area contributed by atoms with Crippen molar-refractivity contribution in [3.05, 3.63) is 17.8 Å². The molecule has 0 spiro atoms. The molecule has 0 saturated heterocycles. The van der Waals surface area contributed by atoms with Gasteiger partial charge in [-0.25, -0.2) is 9.78 Å². The second kappa shape index (κ2) is 3.85. The van der Waals surface area contributed by atoms with Crippen LogP contribution in [0.5, 0.6) is 0 Å². The van der Waals surface area contributed by atoms with E-state index in [4.69, 9.17) is 5.11 Å². The summed E-state index contributed by atoms with van der Waals surface area (Å²) in [5.74, 6) is -1.58. The van der Waals surface area contributed by atoms with Crippen molar-refractivity contribution in [2.45, 2.75) is 6.92 Å². The molecule has 0 aromatic carbocycles. The standard InChI is InChI=1S/C10H9N3O4/c1-5(14)13-4-8(15)12-7-2-6(10(16)17)3-11-9(7)13/h2-3H,4H2,1H3,(H,12,15)(H,16,17). The van der Waals surface area contributed by atoms with Gasteiger partial charge in [0.15, 0.2) is 5.82 Å². The maximum Gasteiger partial charge on any atom is 0.337 e. The van der Waals surface area contributed by atoms with E-state index in [9.17, 15) is 14.4 Å². The van der Waals surface area contributed by atoms with Crippen molar-refractivity contribution in [1.29, 1.82) is 0 Å². The first-order chi connectivity index (χ1) is 7.99. The third kappa shape index (κ3) is 1.94. The Labute approximate surface area is 96.1 Å². The number of pyridine rings is 1. The van der Waals surface area contributed by atoms with Gasteiger partial charge in [0.25, 0.3) is 0 Å². The van der Waals surface area contributed by atoms with Crippen LogP contribution in [-0.2, 0) is 9.59 Å². The van der Waals surface area contributed by atoms with Crippen LogP contribution >= 0.6 is 0 Å². The lowest BCUT2D eigenvalue weighted by atomic mass is 10.2. The molecule has 1 aromatic heterocycles. The smallest absolute Gasteiger partial charge is 0.337 e. The summed E-state index contributed by atoms with van der Waals surface area (Å²) in [6, 6.07) is 1.28. The second-order valence-corrected chi connectivity index (χ2v) is 3.55. The molecule has 88 valence electrons. The predicted molar refractivity (Wildman–Crippen MR) is 57.9 cm³/mol. The summed E-state index contributed by atoms with van der Waals surface area (Å²) in [4.78, 5) is 38.5. The molecular weight excluding hydrogens is 226 g/mol. The van der Waals surface area contributed by atoms with E-state index in [-0.39, 0.29) is 35.4 Å². The van der Waals surface area contributed by atoms with Crippen LogP contribution in [0.15, 0.2) is 12.3 Å². The van der Waals surface area contributed by atoms with Crippen LogP contribution < -0.4 is 10.2 Å². The summed E-state index contributed by atoms with van der Waals surface area (Å²) in [6.07, 6.45) is 1.15. The number of rotatable bonds is 1. The van der Waals surface area contributed by atoms with E-state index in [1.165, 1.54) is 17.9 Å². The lowest BCUT2D eigenvalue weighted by Gasteiger charge is -2.26. The zero-order valence-corrected chi connectivity index (χ0v) is 8.93. The van der Waals surface area contributed by atoms with Gasteiger partial charge < -0.3 is 10.4 Å². The molecule has 0 fully saturated rings. The molecule has 0 bridgehead atoms. The number of amides is 2. The maximum atomic E-state index is 11.3. The summed E-state index contributed by atoms with van der Waals surface area (Å²) < 4.78 is 0. The molecule has 2 amide bonds. The molecule has 0 saturated carbocycles. The molecule has 0 radical (unpaired) electrons. The van der Waals surface area contributed by atoms with Gasteiger partial charge >= 0.3 is 5.97 Å². The molecule has 2 rings (SSSR count). The lowest BCUT2D eigenvalue weighted by molar-refractivity contribution is -0.120. The van der Waals surface area contributed by atoms with Gasteiger partial charge in [0, 0.05) is 13.1 Å². The number of anilines is 2. The quantitative estimate of drug-likeness (QED) is 0.718. The second-order valence-electron chi connectivity index (χ2n) is 3.55. The lowest BCUT2D eigenvalue weighted by Crippen LogP contribution is -2.41. The highest BCUT2D eigenvalue weighted by Gasteiger charge is 2.26. The van der Waals surface area contributed by atoms with Gasteiger partial charge in [-0.1, -0.05) is 0 Å². The molecule has 7 heteroatoms. The molecule has 1 aromatic rings. The van der Waals surface area contributed by atoms with Gasteiger partial charge in [-0.2, -0.15) is 0 Å². The Balaban J connectivity index is 2.51. The molecule has 2 N–H and O–H groups in total. The molecule has 1 aliphatic heterocycles. The van der Waals surface area contributed by atoms with Crippen molar-refractivity contribution in [2.75, 3.05) is 16.8 Å². The average Bonchev–Trinajstić information content (AvgIpc) is 2.26. The number of hydrogen-bond acceptors (Lipinski definition) is 4. The average molecular weight is 235 g/mol. The van der Waals surface area contributed by atoms with Gasteiger partial charge in [0.05, 0.1) is 11.3 Å². The molecule has 1 aliphatic rings. The number of hydrogen-bond donors (Lipinski definition) is 2. The Morgan fingerprint density at radius 3 is 2.82 bits per heavy atom. The van der Waals surface area contributed by atoms with E-state index >= 15 is 0 Å². The zero-order valence-electron chi connectivity index (χ0n) is 8.93. The third-order valence-corrected chi connectivity index (χ3v) is 2.33. The SMILES string of the molecule is CC(=O)N1CC(=O)Nc2cc(C(=O)O)cnc21. The number of aromatic nitrogens is 1. The van der Waals surface area contributed by atoms with Crippen LogP contribution in [0.3, 0.4) is 0 Å². The minimum absolute atomic E-state index is 0.0468. The number of carbonyl (C=O) groups excluding carboxylic acids is 2. The number of carboxylic acid groups (broad SMARTS) is 1. The summed E-state index contributed by atoms with van der Waals surface area (Å²) in [5, 5.41) is 11.3. The Kier molecular flexibility index (Phi) is 2.51. The van der Waals surface area contributed by atoms with E-state index in [0.717, 1.165) is 6.20 Å². The van der Waals surface area contributed by atoms with Crippen LogP contribution in [0, 0.1) is 0 Å². The Bertz CT molecular complexity index is 526. The number of nitrogens with one attached hydrogen (secondary N) is 1. The number of carbonyl (C=O) groups is 3. The largest absolute Gasteiger partial charge is 0.478 e. The maximum absolute atomic E-state index is 11.3. The van der Waals surface area contributed by atoms with Gasteiger partial charge in [-0.3, -0.25) is 14.5 Å².